The highest BCUT2D eigenvalue weighted by Crippen LogP contribution is 2.26. The Balaban J connectivity index is 2.47. The van der Waals surface area contributed by atoms with Gasteiger partial charge in [0.1, 0.15) is 0 Å². The number of hydrogen-bond acceptors (Lipinski definition) is 1. The zero-order valence-corrected chi connectivity index (χ0v) is 9.46. The molecule has 0 aromatic rings. The molecular weight excluding hydrogens is 200 g/mol. The van der Waals surface area contributed by atoms with E-state index in [9.17, 15) is 4.79 Å². The molecule has 2 amide bonds. The van der Waals surface area contributed by atoms with Gasteiger partial charge in [0, 0.05) is 18.5 Å². The van der Waals surface area contributed by atoms with Crippen LogP contribution in [0.3, 0.4) is 0 Å². The average molecular weight is 219 g/mol. The Bertz CT molecular complexity index is 191. The molecule has 1 aliphatic rings. The van der Waals surface area contributed by atoms with E-state index in [-0.39, 0.29) is 6.03 Å². The first-order valence-corrected chi connectivity index (χ1v) is 5.80. The van der Waals surface area contributed by atoms with Crippen molar-refractivity contribution in [3.8, 4) is 0 Å². The predicted octanol–water partition coefficient (Wildman–Crippen LogP) is 2.18. The van der Waals surface area contributed by atoms with Crippen LogP contribution in [0, 0.1) is 5.92 Å². The molecule has 3 nitrogen and oxygen atoms in total. The normalized spacial score (nSPS) is 27.3. The van der Waals surface area contributed by atoms with Crippen LogP contribution in [0.25, 0.3) is 0 Å². The largest absolute Gasteiger partial charge is 0.351 e. The SMILES string of the molecule is CC1CCC(N(CCCl)C(N)=O)CC1. The molecule has 1 aliphatic carbocycles. The highest BCUT2D eigenvalue weighted by molar-refractivity contribution is 6.18. The minimum absolute atomic E-state index is 0.322. The van der Waals surface area contributed by atoms with Crippen molar-refractivity contribution in [3.05, 3.63) is 0 Å². The summed E-state index contributed by atoms with van der Waals surface area (Å²) < 4.78 is 0. The van der Waals surface area contributed by atoms with E-state index in [0.29, 0.717) is 18.5 Å². The second kappa shape index (κ2) is 5.44. The summed E-state index contributed by atoms with van der Waals surface area (Å²) in [5.41, 5.74) is 5.32. The van der Waals surface area contributed by atoms with Crippen LogP contribution >= 0.6 is 11.6 Å². The zero-order valence-electron chi connectivity index (χ0n) is 8.71. The number of primary amides is 1. The fourth-order valence-electron chi connectivity index (χ4n) is 2.12. The van der Waals surface area contributed by atoms with Crippen LogP contribution in [-0.4, -0.2) is 29.4 Å². The van der Waals surface area contributed by atoms with Crippen LogP contribution in [0.15, 0.2) is 0 Å². The van der Waals surface area contributed by atoms with Crippen molar-refractivity contribution in [2.24, 2.45) is 11.7 Å². The van der Waals surface area contributed by atoms with Gasteiger partial charge in [-0.05, 0) is 31.6 Å². The summed E-state index contributed by atoms with van der Waals surface area (Å²) in [6.45, 7) is 2.84. The van der Waals surface area contributed by atoms with Crippen molar-refractivity contribution in [2.75, 3.05) is 12.4 Å². The van der Waals surface area contributed by atoms with Gasteiger partial charge in [0.25, 0.3) is 0 Å². The van der Waals surface area contributed by atoms with Crippen LogP contribution in [0.5, 0.6) is 0 Å². The van der Waals surface area contributed by atoms with Crippen molar-refractivity contribution < 1.29 is 4.79 Å². The molecule has 0 radical (unpaired) electrons. The summed E-state index contributed by atoms with van der Waals surface area (Å²) >= 11 is 5.64. The number of alkyl halides is 1. The number of urea groups is 1. The molecule has 0 bridgehead atoms. The van der Waals surface area contributed by atoms with Gasteiger partial charge in [-0.25, -0.2) is 4.79 Å². The summed E-state index contributed by atoms with van der Waals surface area (Å²) in [5, 5.41) is 0. The summed E-state index contributed by atoms with van der Waals surface area (Å²) in [6, 6.07) is -0.00680. The van der Waals surface area contributed by atoms with Gasteiger partial charge in [-0.15, -0.1) is 11.6 Å². The molecule has 1 rings (SSSR count). The highest BCUT2D eigenvalue weighted by Gasteiger charge is 2.25. The monoisotopic (exact) mass is 218 g/mol. The van der Waals surface area contributed by atoms with Crippen molar-refractivity contribution in [2.45, 2.75) is 38.6 Å². The lowest BCUT2D eigenvalue weighted by atomic mass is 9.87. The first-order valence-electron chi connectivity index (χ1n) is 5.27. The van der Waals surface area contributed by atoms with Gasteiger partial charge in [-0.2, -0.15) is 0 Å². The van der Waals surface area contributed by atoms with Gasteiger partial charge in [0.2, 0.25) is 0 Å². The third-order valence-corrected chi connectivity index (χ3v) is 3.20. The lowest BCUT2D eigenvalue weighted by Gasteiger charge is -2.34. The molecular formula is C10H19ClN2O. The van der Waals surface area contributed by atoms with Gasteiger partial charge in [-0.3, -0.25) is 0 Å². The number of rotatable bonds is 3. The fourth-order valence-corrected chi connectivity index (χ4v) is 2.30. The maximum atomic E-state index is 11.2. The Kier molecular flexibility index (Phi) is 4.52. The maximum absolute atomic E-state index is 11.2. The first-order chi connectivity index (χ1) is 6.65. The van der Waals surface area contributed by atoms with Crippen molar-refractivity contribution in [1.29, 1.82) is 0 Å². The Hall–Kier alpha value is -0.440. The molecule has 0 aromatic carbocycles. The molecule has 1 fully saturated rings. The number of nitrogens with two attached hydrogens (primary N) is 1. The Morgan fingerprint density at radius 1 is 1.43 bits per heavy atom. The van der Waals surface area contributed by atoms with E-state index in [1.165, 1.54) is 12.8 Å². The van der Waals surface area contributed by atoms with E-state index in [0.717, 1.165) is 18.8 Å². The van der Waals surface area contributed by atoms with Crippen molar-refractivity contribution in [1.82, 2.24) is 4.90 Å². The quantitative estimate of drug-likeness (QED) is 0.726. The van der Waals surface area contributed by atoms with Crippen molar-refractivity contribution in [3.63, 3.8) is 0 Å². The molecule has 2 N–H and O–H groups in total. The summed E-state index contributed by atoms with van der Waals surface area (Å²) in [5.74, 6) is 1.26. The molecule has 0 spiro atoms. The average Bonchev–Trinajstić information content (AvgIpc) is 2.15. The summed E-state index contributed by atoms with van der Waals surface area (Å²) in [4.78, 5) is 12.9. The standard InChI is InChI=1S/C10H19ClN2O/c1-8-2-4-9(5-3-8)13(7-6-11)10(12)14/h8-9H,2-7H2,1H3,(H2,12,14). The smallest absolute Gasteiger partial charge is 0.315 e. The van der Waals surface area contributed by atoms with Gasteiger partial charge >= 0.3 is 6.03 Å². The molecule has 0 aromatic heterocycles. The van der Waals surface area contributed by atoms with Crippen LogP contribution in [0.4, 0.5) is 4.79 Å². The Morgan fingerprint density at radius 2 is 2.00 bits per heavy atom. The molecule has 1 saturated carbocycles. The predicted molar refractivity (Wildman–Crippen MR) is 58.4 cm³/mol. The number of halogens is 1. The molecule has 0 saturated heterocycles. The number of nitrogens with zero attached hydrogens (tertiary/aromatic N) is 1. The second-order valence-electron chi connectivity index (χ2n) is 4.13. The van der Waals surface area contributed by atoms with E-state index in [1.54, 1.807) is 4.90 Å². The van der Waals surface area contributed by atoms with Crippen LogP contribution < -0.4 is 5.73 Å². The van der Waals surface area contributed by atoms with Gasteiger partial charge < -0.3 is 10.6 Å². The molecule has 0 aliphatic heterocycles. The zero-order chi connectivity index (χ0) is 10.6. The number of carbonyl (C=O) groups is 1. The van der Waals surface area contributed by atoms with E-state index >= 15 is 0 Å². The maximum Gasteiger partial charge on any atom is 0.315 e. The Morgan fingerprint density at radius 3 is 2.43 bits per heavy atom. The third-order valence-electron chi connectivity index (χ3n) is 3.03. The Labute approximate surface area is 90.6 Å². The van der Waals surface area contributed by atoms with E-state index in [2.05, 4.69) is 6.92 Å². The highest BCUT2D eigenvalue weighted by atomic mass is 35.5. The lowest BCUT2D eigenvalue weighted by Crippen LogP contribution is -2.46. The number of carbonyl (C=O) groups excluding carboxylic acids is 1. The summed E-state index contributed by atoms with van der Waals surface area (Å²) in [7, 11) is 0. The van der Waals surface area contributed by atoms with Crippen LogP contribution in [0.2, 0.25) is 0 Å². The fraction of sp³-hybridized carbons (Fsp3) is 0.900. The van der Waals surface area contributed by atoms with E-state index < -0.39 is 0 Å². The molecule has 4 heteroatoms. The van der Waals surface area contributed by atoms with Gasteiger partial charge in [0.15, 0.2) is 0 Å². The molecule has 0 heterocycles. The van der Waals surface area contributed by atoms with Crippen LogP contribution in [0.1, 0.15) is 32.6 Å². The molecule has 0 atom stereocenters. The third kappa shape index (κ3) is 3.05. The number of amides is 2. The first kappa shape index (κ1) is 11.6. The molecule has 0 unspecified atom stereocenters. The van der Waals surface area contributed by atoms with E-state index in [1.807, 2.05) is 0 Å². The van der Waals surface area contributed by atoms with Crippen LogP contribution in [-0.2, 0) is 0 Å². The van der Waals surface area contributed by atoms with Gasteiger partial charge in [-0.1, -0.05) is 6.92 Å². The topological polar surface area (TPSA) is 46.3 Å². The number of hydrogen-bond donors (Lipinski definition) is 1. The molecule has 82 valence electrons. The summed E-state index contributed by atoms with van der Waals surface area (Å²) in [6.07, 6.45) is 4.52. The minimum Gasteiger partial charge on any atom is -0.351 e. The minimum atomic E-state index is -0.329. The second-order valence-corrected chi connectivity index (χ2v) is 4.51. The van der Waals surface area contributed by atoms with E-state index in [4.69, 9.17) is 17.3 Å². The van der Waals surface area contributed by atoms with Crippen molar-refractivity contribution >= 4 is 17.6 Å². The molecule has 14 heavy (non-hydrogen) atoms. The van der Waals surface area contributed by atoms with Gasteiger partial charge in [0.05, 0.1) is 0 Å². The lowest BCUT2D eigenvalue weighted by molar-refractivity contribution is 0.157.